The lowest BCUT2D eigenvalue weighted by atomic mass is 9.88. The Morgan fingerprint density at radius 2 is 2.08 bits per heavy atom. The molecule has 0 atom stereocenters. The fraction of sp³-hybridized carbons (Fsp3) is 0.524. The standard InChI is InChI=1S/C21H26FN3O/c1-14-7-8-15(11-18(14)22)12-25-10-9-19-17(13-25)21(26)24-20(23-19)16-5-3-2-4-6-16/h7-8,11,16H,2-6,9-10,12-13H2,1H3,(H,23,24,26). The molecule has 26 heavy (non-hydrogen) atoms. The lowest BCUT2D eigenvalue weighted by Crippen LogP contribution is -2.36. The predicted molar refractivity (Wildman–Crippen MR) is 99.6 cm³/mol. The molecule has 138 valence electrons. The first kappa shape index (κ1) is 17.4. The number of fused-ring (bicyclic) bond motifs is 1. The van der Waals surface area contributed by atoms with Crippen LogP contribution in [0.5, 0.6) is 0 Å². The van der Waals surface area contributed by atoms with Gasteiger partial charge in [-0.05, 0) is 37.0 Å². The fourth-order valence-electron chi connectivity index (χ4n) is 4.20. The van der Waals surface area contributed by atoms with E-state index in [2.05, 4.69) is 9.88 Å². The van der Waals surface area contributed by atoms with Gasteiger partial charge in [-0.1, -0.05) is 31.4 Å². The van der Waals surface area contributed by atoms with E-state index in [0.717, 1.165) is 48.5 Å². The van der Waals surface area contributed by atoms with Gasteiger partial charge in [-0.15, -0.1) is 0 Å². The van der Waals surface area contributed by atoms with Gasteiger partial charge in [0.15, 0.2) is 0 Å². The van der Waals surface area contributed by atoms with Gasteiger partial charge >= 0.3 is 0 Å². The molecule has 4 nitrogen and oxygen atoms in total. The van der Waals surface area contributed by atoms with E-state index in [9.17, 15) is 9.18 Å². The van der Waals surface area contributed by atoms with Crippen LogP contribution in [0.4, 0.5) is 4.39 Å². The molecule has 2 aliphatic rings. The Morgan fingerprint density at radius 1 is 1.27 bits per heavy atom. The number of nitrogens with zero attached hydrogens (tertiary/aromatic N) is 2. The van der Waals surface area contributed by atoms with Gasteiger partial charge in [0.1, 0.15) is 11.6 Å². The number of halogens is 1. The van der Waals surface area contributed by atoms with Crippen LogP contribution in [0.25, 0.3) is 0 Å². The molecule has 1 fully saturated rings. The summed E-state index contributed by atoms with van der Waals surface area (Å²) >= 11 is 0. The van der Waals surface area contributed by atoms with Crippen LogP contribution >= 0.6 is 0 Å². The number of hydrogen-bond donors (Lipinski definition) is 1. The molecule has 2 aromatic rings. The number of hydrogen-bond acceptors (Lipinski definition) is 3. The van der Waals surface area contributed by atoms with Gasteiger partial charge in [0.25, 0.3) is 5.56 Å². The minimum absolute atomic E-state index is 0.00959. The van der Waals surface area contributed by atoms with E-state index in [-0.39, 0.29) is 11.4 Å². The molecule has 1 aliphatic carbocycles. The maximum absolute atomic E-state index is 13.8. The Bertz CT molecular complexity index is 855. The molecule has 1 saturated carbocycles. The van der Waals surface area contributed by atoms with Crippen molar-refractivity contribution in [2.75, 3.05) is 6.54 Å². The van der Waals surface area contributed by atoms with Gasteiger partial charge in [0, 0.05) is 32.0 Å². The maximum Gasteiger partial charge on any atom is 0.255 e. The topological polar surface area (TPSA) is 49.0 Å². The fourth-order valence-corrected chi connectivity index (χ4v) is 4.20. The number of aromatic amines is 1. The molecule has 1 aliphatic heterocycles. The second-order valence-corrected chi connectivity index (χ2v) is 7.76. The van der Waals surface area contributed by atoms with Crippen LogP contribution in [-0.4, -0.2) is 21.4 Å². The van der Waals surface area contributed by atoms with E-state index >= 15 is 0 Å². The predicted octanol–water partition coefficient (Wildman–Crippen LogP) is 3.82. The van der Waals surface area contributed by atoms with Crippen molar-refractivity contribution in [3.05, 3.63) is 62.6 Å². The van der Waals surface area contributed by atoms with Crippen molar-refractivity contribution < 1.29 is 4.39 Å². The molecular weight excluding hydrogens is 329 g/mol. The molecule has 1 N–H and O–H groups in total. The summed E-state index contributed by atoms with van der Waals surface area (Å²) in [5, 5.41) is 0. The molecule has 5 heteroatoms. The average Bonchev–Trinajstić information content (AvgIpc) is 2.66. The quantitative estimate of drug-likeness (QED) is 0.910. The molecular formula is C21H26FN3O. The number of aryl methyl sites for hydroxylation is 1. The van der Waals surface area contributed by atoms with Crippen molar-refractivity contribution >= 4 is 0 Å². The third-order valence-electron chi connectivity index (χ3n) is 5.80. The second kappa shape index (κ2) is 7.31. The van der Waals surface area contributed by atoms with Crippen LogP contribution in [0.2, 0.25) is 0 Å². The van der Waals surface area contributed by atoms with Crippen molar-refractivity contribution in [2.45, 2.75) is 64.5 Å². The minimum atomic E-state index is -0.170. The zero-order valence-electron chi connectivity index (χ0n) is 15.4. The Hall–Kier alpha value is -2.01. The van der Waals surface area contributed by atoms with Crippen LogP contribution in [0.1, 0.15) is 66.2 Å². The SMILES string of the molecule is Cc1ccc(CN2CCc3nc(C4CCCCC4)[nH]c(=O)c3C2)cc1F. The van der Waals surface area contributed by atoms with E-state index in [0.29, 0.717) is 24.6 Å². The molecule has 0 saturated heterocycles. The lowest BCUT2D eigenvalue weighted by Gasteiger charge is -2.29. The normalized spacial score (nSPS) is 18.7. The Labute approximate surface area is 153 Å². The second-order valence-electron chi connectivity index (χ2n) is 7.76. The van der Waals surface area contributed by atoms with Crippen molar-refractivity contribution in [2.24, 2.45) is 0 Å². The maximum atomic E-state index is 13.8. The molecule has 0 spiro atoms. The van der Waals surface area contributed by atoms with E-state index < -0.39 is 0 Å². The van der Waals surface area contributed by atoms with E-state index in [1.54, 1.807) is 13.0 Å². The summed E-state index contributed by atoms with van der Waals surface area (Å²) < 4.78 is 13.8. The van der Waals surface area contributed by atoms with Gasteiger partial charge in [0.2, 0.25) is 0 Å². The van der Waals surface area contributed by atoms with Gasteiger partial charge in [-0.25, -0.2) is 9.37 Å². The summed E-state index contributed by atoms with van der Waals surface area (Å²) in [7, 11) is 0. The first-order chi connectivity index (χ1) is 12.6. The Morgan fingerprint density at radius 3 is 2.85 bits per heavy atom. The molecule has 0 unspecified atom stereocenters. The largest absolute Gasteiger partial charge is 0.310 e. The zero-order valence-corrected chi connectivity index (χ0v) is 15.4. The Balaban J connectivity index is 1.51. The molecule has 1 aromatic carbocycles. The molecule has 0 amide bonds. The number of benzene rings is 1. The number of rotatable bonds is 3. The molecule has 0 radical (unpaired) electrons. The Kier molecular flexibility index (Phi) is 4.90. The first-order valence-electron chi connectivity index (χ1n) is 9.69. The van der Waals surface area contributed by atoms with E-state index in [4.69, 9.17) is 4.98 Å². The van der Waals surface area contributed by atoms with Crippen LogP contribution in [0, 0.1) is 12.7 Å². The van der Waals surface area contributed by atoms with E-state index in [1.165, 1.54) is 19.3 Å². The summed E-state index contributed by atoms with van der Waals surface area (Å²) in [5.74, 6) is 1.13. The highest BCUT2D eigenvalue weighted by molar-refractivity contribution is 5.25. The van der Waals surface area contributed by atoms with Gasteiger partial charge in [0.05, 0.1) is 11.3 Å². The highest BCUT2D eigenvalue weighted by Gasteiger charge is 2.24. The van der Waals surface area contributed by atoms with Gasteiger partial charge in [-0.2, -0.15) is 0 Å². The number of H-pyrrole nitrogens is 1. The van der Waals surface area contributed by atoms with Crippen molar-refractivity contribution in [1.29, 1.82) is 0 Å². The highest BCUT2D eigenvalue weighted by Crippen LogP contribution is 2.30. The number of nitrogens with one attached hydrogen (secondary N) is 1. The molecule has 1 aromatic heterocycles. The van der Waals surface area contributed by atoms with Crippen molar-refractivity contribution in [3.8, 4) is 0 Å². The molecule has 2 heterocycles. The summed E-state index contributed by atoms with van der Waals surface area (Å²) in [6.45, 7) is 3.85. The monoisotopic (exact) mass is 355 g/mol. The van der Waals surface area contributed by atoms with Crippen molar-refractivity contribution in [3.63, 3.8) is 0 Å². The van der Waals surface area contributed by atoms with Crippen LogP contribution in [0.3, 0.4) is 0 Å². The minimum Gasteiger partial charge on any atom is -0.310 e. The first-order valence-corrected chi connectivity index (χ1v) is 9.69. The van der Waals surface area contributed by atoms with Crippen LogP contribution < -0.4 is 5.56 Å². The smallest absolute Gasteiger partial charge is 0.255 e. The third-order valence-corrected chi connectivity index (χ3v) is 5.80. The van der Waals surface area contributed by atoms with Gasteiger partial charge in [-0.3, -0.25) is 9.69 Å². The summed E-state index contributed by atoms with van der Waals surface area (Å²) in [5.41, 5.74) is 3.35. The molecule has 0 bridgehead atoms. The van der Waals surface area contributed by atoms with Crippen LogP contribution in [-0.2, 0) is 19.5 Å². The van der Waals surface area contributed by atoms with Crippen LogP contribution in [0.15, 0.2) is 23.0 Å². The molecule has 4 rings (SSSR count). The number of aromatic nitrogens is 2. The summed E-state index contributed by atoms with van der Waals surface area (Å²) in [6.07, 6.45) is 6.80. The highest BCUT2D eigenvalue weighted by atomic mass is 19.1. The summed E-state index contributed by atoms with van der Waals surface area (Å²) in [4.78, 5) is 22.7. The van der Waals surface area contributed by atoms with Gasteiger partial charge < -0.3 is 4.98 Å². The third kappa shape index (κ3) is 3.58. The lowest BCUT2D eigenvalue weighted by molar-refractivity contribution is 0.240. The van der Waals surface area contributed by atoms with Crippen molar-refractivity contribution in [1.82, 2.24) is 14.9 Å². The average molecular weight is 355 g/mol. The zero-order chi connectivity index (χ0) is 18.1. The summed E-state index contributed by atoms with van der Waals surface area (Å²) in [6, 6.07) is 5.37. The van der Waals surface area contributed by atoms with E-state index in [1.807, 2.05) is 12.1 Å².